The lowest BCUT2D eigenvalue weighted by atomic mass is 10.1. The molecule has 0 atom stereocenters. The largest absolute Gasteiger partial charge is 0.321 e. The number of benzene rings is 4. The number of anilines is 1. The number of hydrogen-bond acceptors (Lipinski definition) is 6. The first-order valence-electron chi connectivity index (χ1n) is 12.3. The van der Waals surface area contributed by atoms with E-state index in [9.17, 15) is 14.0 Å². The number of hydrogen-bond donors (Lipinski definition) is 2. The lowest BCUT2D eigenvalue weighted by molar-refractivity contribution is -0.113. The lowest BCUT2D eigenvalue weighted by Crippen LogP contribution is -2.30. The van der Waals surface area contributed by atoms with E-state index < -0.39 is 17.6 Å². The number of carbonyl (C=O) groups excluding carboxylic acids is 2. The summed E-state index contributed by atoms with van der Waals surface area (Å²) in [6, 6.07) is 31.1. The van der Waals surface area contributed by atoms with Crippen LogP contribution in [-0.4, -0.2) is 32.0 Å². The third-order valence-corrected chi connectivity index (χ3v) is 6.69. The molecule has 0 saturated heterocycles. The fourth-order valence-electron chi connectivity index (χ4n) is 3.74. The Bertz CT molecular complexity index is 1640. The van der Waals surface area contributed by atoms with Crippen LogP contribution in [0.1, 0.15) is 21.7 Å². The van der Waals surface area contributed by atoms with Crippen molar-refractivity contribution in [3.8, 4) is 5.69 Å². The van der Waals surface area contributed by atoms with Gasteiger partial charge >= 0.3 is 0 Å². The second-order valence-electron chi connectivity index (χ2n) is 8.54. The number of thioether (sulfide) groups is 1. The molecule has 0 aliphatic heterocycles. The summed E-state index contributed by atoms with van der Waals surface area (Å²) in [6.07, 6.45) is 1.50. The molecule has 0 saturated carbocycles. The quantitative estimate of drug-likeness (QED) is 0.186. The maximum atomic E-state index is 13.4. The predicted octanol–water partition coefficient (Wildman–Crippen LogP) is 5.50. The normalized spacial score (nSPS) is 11.2. The van der Waals surface area contributed by atoms with Gasteiger partial charge in [0.1, 0.15) is 11.5 Å². The number of aromatic nitrogens is 4. The number of amides is 2. The summed E-state index contributed by atoms with van der Waals surface area (Å²) >= 11 is 1.51. The van der Waals surface area contributed by atoms with Gasteiger partial charge in [0.25, 0.3) is 11.8 Å². The number of carbonyl (C=O) groups is 2. The molecule has 5 aromatic rings. The van der Waals surface area contributed by atoms with E-state index in [0.717, 1.165) is 10.6 Å². The monoisotopic (exact) mass is 550 g/mol. The topological polar surface area (TPSA) is 102 Å². The standard InChI is InChI=1S/C30H23FN6O2S/c31-23-16-14-21(15-17-23)18-27(33-29(38)22-8-3-1-4-9-22)30(39)32-24-10-7-13-26(19-24)40-20-28-34-35-36-37(28)25-11-5-2-6-12-25/h1-19H,20H2,(H,32,39)(H,33,38)/b27-18-. The van der Waals surface area contributed by atoms with Gasteiger partial charge in [-0.3, -0.25) is 9.59 Å². The fourth-order valence-corrected chi connectivity index (χ4v) is 4.60. The summed E-state index contributed by atoms with van der Waals surface area (Å²) in [5.74, 6) is -0.182. The highest BCUT2D eigenvalue weighted by atomic mass is 32.2. The molecule has 4 aromatic carbocycles. The van der Waals surface area contributed by atoms with E-state index in [1.165, 1.54) is 42.1 Å². The average Bonchev–Trinajstić information content (AvgIpc) is 3.47. The van der Waals surface area contributed by atoms with Gasteiger partial charge in [-0.05, 0) is 76.7 Å². The second-order valence-corrected chi connectivity index (χ2v) is 9.59. The van der Waals surface area contributed by atoms with Crippen molar-refractivity contribution in [1.29, 1.82) is 0 Å². The van der Waals surface area contributed by atoms with E-state index in [1.807, 2.05) is 48.5 Å². The second kappa shape index (κ2) is 12.6. The Hall–Kier alpha value is -5.09. The summed E-state index contributed by atoms with van der Waals surface area (Å²) in [5.41, 5.74) is 2.37. The summed E-state index contributed by atoms with van der Waals surface area (Å²) < 4.78 is 15.1. The van der Waals surface area contributed by atoms with Gasteiger partial charge in [0.05, 0.1) is 11.4 Å². The molecule has 40 heavy (non-hydrogen) atoms. The number of tetrazole rings is 1. The van der Waals surface area contributed by atoms with Crippen molar-refractivity contribution in [2.75, 3.05) is 5.32 Å². The number of nitrogens with one attached hydrogen (secondary N) is 2. The van der Waals surface area contributed by atoms with Crippen LogP contribution in [0.15, 0.2) is 120 Å². The molecule has 2 N–H and O–H groups in total. The molecule has 1 heterocycles. The Labute approximate surface area is 233 Å². The van der Waals surface area contributed by atoms with Crippen molar-refractivity contribution in [3.05, 3.63) is 138 Å². The first kappa shape index (κ1) is 26.5. The highest BCUT2D eigenvalue weighted by Crippen LogP contribution is 2.25. The summed E-state index contributed by atoms with van der Waals surface area (Å²) in [4.78, 5) is 27.0. The number of nitrogens with zero attached hydrogens (tertiary/aromatic N) is 4. The molecule has 0 unspecified atom stereocenters. The molecule has 0 spiro atoms. The summed E-state index contributed by atoms with van der Waals surface area (Å²) in [7, 11) is 0. The van der Waals surface area contributed by atoms with Crippen LogP contribution in [0.3, 0.4) is 0 Å². The number of rotatable bonds is 9. The van der Waals surface area contributed by atoms with Crippen LogP contribution in [0.4, 0.5) is 10.1 Å². The predicted molar refractivity (Wildman–Crippen MR) is 152 cm³/mol. The van der Waals surface area contributed by atoms with Crippen molar-refractivity contribution in [3.63, 3.8) is 0 Å². The van der Waals surface area contributed by atoms with E-state index in [0.29, 0.717) is 28.4 Å². The molecule has 0 fully saturated rings. The van der Waals surface area contributed by atoms with Crippen LogP contribution in [0.25, 0.3) is 11.8 Å². The van der Waals surface area contributed by atoms with Crippen LogP contribution in [0, 0.1) is 5.82 Å². The summed E-state index contributed by atoms with van der Waals surface area (Å²) in [5, 5.41) is 17.6. The van der Waals surface area contributed by atoms with Crippen LogP contribution in [0.5, 0.6) is 0 Å². The Morgan fingerprint density at radius 2 is 1.60 bits per heavy atom. The zero-order valence-corrected chi connectivity index (χ0v) is 21.9. The van der Waals surface area contributed by atoms with Gasteiger partial charge in [0, 0.05) is 16.1 Å². The highest BCUT2D eigenvalue weighted by Gasteiger charge is 2.16. The average molecular weight is 551 g/mol. The molecular formula is C30H23FN6O2S. The van der Waals surface area contributed by atoms with Crippen molar-refractivity contribution >= 4 is 35.3 Å². The van der Waals surface area contributed by atoms with Crippen molar-refractivity contribution < 1.29 is 14.0 Å². The highest BCUT2D eigenvalue weighted by molar-refractivity contribution is 7.98. The molecular weight excluding hydrogens is 527 g/mol. The SMILES string of the molecule is O=C(Nc1cccc(SCc2nnnn2-c2ccccc2)c1)/C(=C/c1ccc(F)cc1)NC(=O)c1ccccc1. The molecule has 0 aliphatic carbocycles. The Kier molecular flexibility index (Phi) is 8.38. The molecule has 1 aromatic heterocycles. The van der Waals surface area contributed by atoms with Crippen LogP contribution >= 0.6 is 11.8 Å². The Balaban J connectivity index is 1.31. The number of para-hydroxylation sites is 1. The molecule has 5 rings (SSSR count). The molecule has 198 valence electrons. The third kappa shape index (κ3) is 6.86. The first-order valence-corrected chi connectivity index (χ1v) is 13.2. The van der Waals surface area contributed by atoms with Crippen LogP contribution in [0.2, 0.25) is 0 Å². The molecule has 10 heteroatoms. The van der Waals surface area contributed by atoms with E-state index in [2.05, 4.69) is 26.2 Å². The Morgan fingerprint density at radius 3 is 2.35 bits per heavy atom. The van der Waals surface area contributed by atoms with Gasteiger partial charge in [0.15, 0.2) is 5.82 Å². The fraction of sp³-hybridized carbons (Fsp3) is 0.0333. The number of halogens is 1. The minimum absolute atomic E-state index is 0.0144. The van der Waals surface area contributed by atoms with Crippen molar-refractivity contribution in [2.45, 2.75) is 10.6 Å². The molecule has 0 aliphatic rings. The van der Waals surface area contributed by atoms with Crippen LogP contribution in [-0.2, 0) is 10.5 Å². The molecule has 0 bridgehead atoms. The van der Waals surface area contributed by atoms with E-state index in [1.54, 1.807) is 41.1 Å². The minimum atomic E-state index is -0.524. The van der Waals surface area contributed by atoms with Gasteiger partial charge in [-0.15, -0.1) is 16.9 Å². The first-order chi connectivity index (χ1) is 19.5. The van der Waals surface area contributed by atoms with E-state index in [-0.39, 0.29) is 5.70 Å². The maximum Gasteiger partial charge on any atom is 0.272 e. The van der Waals surface area contributed by atoms with Crippen molar-refractivity contribution in [1.82, 2.24) is 25.5 Å². The third-order valence-electron chi connectivity index (χ3n) is 5.70. The van der Waals surface area contributed by atoms with Gasteiger partial charge in [-0.1, -0.05) is 54.6 Å². The summed E-state index contributed by atoms with van der Waals surface area (Å²) in [6.45, 7) is 0. The van der Waals surface area contributed by atoms with Crippen molar-refractivity contribution in [2.24, 2.45) is 0 Å². The van der Waals surface area contributed by atoms with E-state index >= 15 is 0 Å². The van der Waals surface area contributed by atoms with Gasteiger partial charge < -0.3 is 10.6 Å². The molecule has 8 nitrogen and oxygen atoms in total. The van der Waals surface area contributed by atoms with Crippen LogP contribution < -0.4 is 10.6 Å². The smallest absolute Gasteiger partial charge is 0.272 e. The zero-order chi connectivity index (χ0) is 27.7. The molecule has 2 amide bonds. The zero-order valence-electron chi connectivity index (χ0n) is 21.1. The lowest BCUT2D eigenvalue weighted by Gasteiger charge is -2.12. The van der Waals surface area contributed by atoms with Gasteiger partial charge in [-0.2, -0.15) is 4.68 Å². The Morgan fingerprint density at radius 1 is 0.875 bits per heavy atom. The van der Waals surface area contributed by atoms with E-state index in [4.69, 9.17) is 0 Å². The molecule has 0 radical (unpaired) electrons. The van der Waals surface area contributed by atoms with Gasteiger partial charge in [-0.25, -0.2) is 4.39 Å². The minimum Gasteiger partial charge on any atom is -0.321 e. The van der Waals surface area contributed by atoms with Gasteiger partial charge in [0.2, 0.25) is 0 Å². The maximum absolute atomic E-state index is 13.4.